The van der Waals surface area contributed by atoms with Gasteiger partial charge in [-0.15, -0.1) is 0 Å². The molecule has 0 rings (SSSR count). The van der Waals surface area contributed by atoms with Gasteiger partial charge < -0.3 is 0 Å². The van der Waals surface area contributed by atoms with Crippen molar-refractivity contribution in [2.45, 2.75) is 40.0 Å². The number of halogens is 1. The summed E-state index contributed by atoms with van der Waals surface area (Å²) in [7, 11) is 0. The lowest BCUT2D eigenvalue weighted by atomic mass is 9.99. The van der Waals surface area contributed by atoms with Gasteiger partial charge in [-0.1, -0.05) is 85.3 Å². The molecule has 0 N–H and O–H groups in total. The molecule has 0 radical (unpaired) electrons. The van der Waals surface area contributed by atoms with Crippen LogP contribution in [-0.2, 0) is 0 Å². The molecule has 0 aliphatic heterocycles. The summed E-state index contributed by atoms with van der Waals surface area (Å²) >= 11 is 3.32. The molecule has 1 unspecified atom stereocenters. The van der Waals surface area contributed by atoms with E-state index >= 15 is 0 Å². The lowest BCUT2D eigenvalue weighted by Crippen LogP contribution is -1.98. The molecule has 0 aliphatic carbocycles. The highest BCUT2D eigenvalue weighted by atomic mass is 79.9. The maximum absolute atomic E-state index is 4.50. The number of nitrogens with zero attached hydrogens (tertiary/aromatic N) is 1. The summed E-state index contributed by atoms with van der Waals surface area (Å²) in [5, 5.41) is 0. The van der Waals surface area contributed by atoms with Crippen molar-refractivity contribution in [2.24, 2.45) is 10.9 Å². The fraction of sp³-hybridized carbons (Fsp3) is 0.350. The molecule has 0 saturated carbocycles. The summed E-state index contributed by atoms with van der Waals surface area (Å²) < 4.78 is 0.866. The maximum atomic E-state index is 4.50. The number of unbranched alkanes of at least 4 members (excludes halogenated alkanes) is 1. The van der Waals surface area contributed by atoms with Crippen LogP contribution in [0.1, 0.15) is 40.0 Å². The zero-order chi connectivity index (χ0) is 16.8. The molecule has 22 heavy (non-hydrogen) atoms. The minimum absolute atomic E-state index is 0.426. The first-order chi connectivity index (χ1) is 10.5. The van der Waals surface area contributed by atoms with Crippen LogP contribution in [-0.4, -0.2) is 5.71 Å². The highest BCUT2D eigenvalue weighted by Crippen LogP contribution is 2.13. The van der Waals surface area contributed by atoms with E-state index in [2.05, 4.69) is 79.2 Å². The smallest absolute Gasteiger partial charge is 0.0440 e. The molecule has 0 heterocycles. The monoisotopic (exact) mass is 361 g/mol. The summed E-state index contributed by atoms with van der Waals surface area (Å²) in [5.74, 6) is 0.426. The average Bonchev–Trinajstić information content (AvgIpc) is 2.46. The van der Waals surface area contributed by atoms with Gasteiger partial charge in [-0.2, -0.15) is 0 Å². The molecular formula is C20H28BrN. The van der Waals surface area contributed by atoms with Gasteiger partial charge in [-0.25, -0.2) is 0 Å². The Morgan fingerprint density at radius 3 is 2.64 bits per heavy atom. The summed E-state index contributed by atoms with van der Waals surface area (Å²) in [6.45, 7) is 14.0. The lowest BCUT2D eigenvalue weighted by molar-refractivity contribution is 0.848. The fourth-order valence-electron chi connectivity index (χ4n) is 1.67. The second-order valence-electron chi connectivity index (χ2n) is 5.14. The van der Waals surface area contributed by atoms with Gasteiger partial charge in [0.05, 0.1) is 0 Å². The normalized spacial score (nSPS) is 15.1. The Kier molecular flexibility index (Phi) is 12.4. The van der Waals surface area contributed by atoms with Gasteiger partial charge in [-0.05, 0) is 31.4 Å². The van der Waals surface area contributed by atoms with Gasteiger partial charge in [0.15, 0.2) is 0 Å². The molecule has 1 nitrogen and oxygen atoms in total. The minimum Gasteiger partial charge on any atom is -0.261 e. The Balaban J connectivity index is 5.03. The van der Waals surface area contributed by atoms with Crippen LogP contribution < -0.4 is 0 Å². The zero-order valence-electron chi connectivity index (χ0n) is 14.1. The summed E-state index contributed by atoms with van der Waals surface area (Å²) in [6, 6.07) is 0. The standard InChI is InChI=1S/C20H28BrN/c1-6-8-10-12-17(3)18(4)16-20(22-15-9-7-2)14-11-13-19(5)21/h7,9-13,15-17H,2,5-6,8,14H2,1,3-4H3/b12-10-,13-11-,15-9+,18-16+,22-20-. The number of hydrogen-bond donors (Lipinski definition) is 0. The van der Waals surface area contributed by atoms with E-state index in [0.29, 0.717) is 5.92 Å². The molecule has 0 aromatic heterocycles. The van der Waals surface area contributed by atoms with Gasteiger partial charge >= 0.3 is 0 Å². The Morgan fingerprint density at radius 1 is 1.32 bits per heavy atom. The minimum atomic E-state index is 0.426. The predicted octanol–water partition coefficient (Wildman–Crippen LogP) is 6.92. The van der Waals surface area contributed by atoms with E-state index in [4.69, 9.17) is 0 Å². The third-order valence-electron chi connectivity index (χ3n) is 3.08. The molecule has 0 aromatic rings. The topological polar surface area (TPSA) is 12.4 Å². The van der Waals surface area contributed by atoms with Crippen LogP contribution in [0.2, 0.25) is 0 Å². The SMILES string of the molecule is C=C/C=C/N=C(\C=C(/C)C(C)/C=C\CCC)C/C=C\C(=C)Br. The largest absolute Gasteiger partial charge is 0.261 e. The van der Waals surface area contributed by atoms with Crippen LogP contribution in [0.4, 0.5) is 0 Å². The van der Waals surface area contributed by atoms with Gasteiger partial charge in [-0.3, -0.25) is 4.99 Å². The first kappa shape index (κ1) is 20.6. The highest BCUT2D eigenvalue weighted by Gasteiger charge is 2.01. The van der Waals surface area contributed by atoms with E-state index < -0.39 is 0 Å². The van der Waals surface area contributed by atoms with Crippen molar-refractivity contribution >= 4 is 21.6 Å². The first-order valence-electron chi connectivity index (χ1n) is 7.71. The number of hydrogen-bond acceptors (Lipinski definition) is 1. The molecular weight excluding hydrogens is 334 g/mol. The van der Waals surface area contributed by atoms with Crippen LogP contribution in [0.25, 0.3) is 0 Å². The summed E-state index contributed by atoms with van der Waals surface area (Å²) in [6.07, 6.45) is 19.1. The molecule has 120 valence electrons. The Labute approximate surface area is 144 Å². The molecule has 0 saturated heterocycles. The molecule has 0 aliphatic rings. The average molecular weight is 362 g/mol. The maximum Gasteiger partial charge on any atom is 0.0440 e. The zero-order valence-corrected chi connectivity index (χ0v) is 15.6. The molecule has 0 aromatic carbocycles. The van der Waals surface area contributed by atoms with Crippen LogP contribution in [0, 0.1) is 5.92 Å². The van der Waals surface area contributed by atoms with E-state index in [-0.39, 0.29) is 0 Å². The van der Waals surface area contributed by atoms with Gasteiger partial charge in [0.25, 0.3) is 0 Å². The molecule has 2 heteroatoms. The molecule has 0 spiro atoms. The predicted molar refractivity (Wildman–Crippen MR) is 106 cm³/mol. The Bertz CT molecular complexity index is 490. The third kappa shape index (κ3) is 11.3. The molecule has 0 bridgehead atoms. The van der Waals surface area contributed by atoms with Crippen LogP contribution in [0.3, 0.4) is 0 Å². The first-order valence-corrected chi connectivity index (χ1v) is 8.50. The van der Waals surface area contributed by atoms with Gasteiger partial charge in [0, 0.05) is 22.8 Å². The molecule has 0 fully saturated rings. The van der Waals surface area contributed by atoms with Crippen LogP contribution in [0.15, 0.2) is 76.9 Å². The van der Waals surface area contributed by atoms with Crippen molar-refractivity contribution in [3.63, 3.8) is 0 Å². The highest BCUT2D eigenvalue weighted by molar-refractivity contribution is 9.11. The van der Waals surface area contributed by atoms with E-state index in [9.17, 15) is 0 Å². The van der Waals surface area contributed by atoms with Crippen molar-refractivity contribution < 1.29 is 0 Å². The van der Waals surface area contributed by atoms with Crippen LogP contribution in [0.5, 0.6) is 0 Å². The van der Waals surface area contributed by atoms with Gasteiger partial charge in [0.1, 0.15) is 0 Å². The quantitative estimate of drug-likeness (QED) is 0.227. The summed E-state index contributed by atoms with van der Waals surface area (Å²) in [5.41, 5.74) is 2.33. The Morgan fingerprint density at radius 2 is 2.05 bits per heavy atom. The van der Waals surface area contributed by atoms with E-state index in [1.54, 1.807) is 12.3 Å². The molecule has 1 atom stereocenters. The number of rotatable bonds is 10. The lowest BCUT2D eigenvalue weighted by Gasteiger charge is -2.07. The van der Waals surface area contributed by atoms with Crippen molar-refractivity contribution in [1.82, 2.24) is 0 Å². The van der Waals surface area contributed by atoms with E-state index in [0.717, 1.165) is 23.0 Å². The van der Waals surface area contributed by atoms with Crippen molar-refractivity contribution in [2.75, 3.05) is 0 Å². The van der Waals surface area contributed by atoms with E-state index in [1.807, 2.05) is 12.2 Å². The van der Waals surface area contributed by atoms with Crippen LogP contribution >= 0.6 is 15.9 Å². The number of aliphatic imine (C=N–C) groups is 1. The third-order valence-corrected chi connectivity index (χ3v) is 3.35. The van der Waals surface area contributed by atoms with Gasteiger partial charge in [0.2, 0.25) is 0 Å². The van der Waals surface area contributed by atoms with Crippen molar-refractivity contribution in [3.05, 3.63) is 71.9 Å². The number of allylic oxidation sites excluding steroid dienone is 9. The second-order valence-corrected chi connectivity index (χ2v) is 6.16. The summed E-state index contributed by atoms with van der Waals surface area (Å²) in [4.78, 5) is 4.50. The van der Waals surface area contributed by atoms with Crippen molar-refractivity contribution in [3.8, 4) is 0 Å². The Hall–Kier alpha value is -1.41. The van der Waals surface area contributed by atoms with Crippen molar-refractivity contribution in [1.29, 1.82) is 0 Å². The molecule has 0 amide bonds. The van der Waals surface area contributed by atoms with E-state index in [1.165, 1.54) is 12.0 Å². The fourth-order valence-corrected chi connectivity index (χ4v) is 1.86. The second kappa shape index (κ2) is 13.3.